The molecule has 4 rings (SSSR count). The SMILES string of the molecule is CN1N=C(N)c2c(cccc2OC[C@H]2CCCN(C(=O)c3ccnnc3)C2)N1. The van der Waals surface area contributed by atoms with E-state index in [0.717, 1.165) is 30.6 Å². The van der Waals surface area contributed by atoms with Gasteiger partial charge in [-0.1, -0.05) is 6.07 Å². The smallest absolute Gasteiger partial charge is 0.255 e. The van der Waals surface area contributed by atoms with Gasteiger partial charge in [-0.25, -0.2) is 5.12 Å². The van der Waals surface area contributed by atoms with Gasteiger partial charge in [0.25, 0.3) is 5.91 Å². The first-order valence-corrected chi connectivity index (χ1v) is 9.28. The number of hydrazine groups is 1. The van der Waals surface area contributed by atoms with Crippen LogP contribution in [0.2, 0.25) is 0 Å². The number of carbonyl (C=O) groups excluding carboxylic acids is 1. The van der Waals surface area contributed by atoms with Gasteiger partial charge < -0.3 is 15.4 Å². The maximum absolute atomic E-state index is 12.7. The zero-order valence-electron chi connectivity index (χ0n) is 15.7. The quantitative estimate of drug-likeness (QED) is 0.821. The van der Waals surface area contributed by atoms with Crippen molar-refractivity contribution in [1.82, 2.24) is 20.2 Å². The number of anilines is 1. The molecular weight excluding hydrogens is 358 g/mol. The van der Waals surface area contributed by atoms with Crippen molar-refractivity contribution in [2.24, 2.45) is 16.8 Å². The van der Waals surface area contributed by atoms with Gasteiger partial charge in [0.1, 0.15) is 5.75 Å². The second-order valence-electron chi connectivity index (χ2n) is 7.00. The summed E-state index contributed by atoms with van der Waals surface area (Å²) >= 11 is 0. The van der Waals surface area contributed by atoms with Crippen LogP contribution in [0, 0.1) is 5.92 Å². The van der Waals surface area contributed by atoms with E-state index >= 15 is 0 Å². The van der Waals surface area contributed by atoms with E-state index in [1.807, 2.05) is 23.1 Å². The number of rotatable bonds is 4. The third-order valence-electron chi connectivity index (χ3n) is 4.93. The zero-order valence-corrected chi connectivity index (χ0v) is 15.7. The van der Waals surface area contributed by atoms with Crippen LogP contribution < -0.4 is 15.9 Å². The van der Waals surface area contributed by atoms with Gasteiger partial charge in [-0.05, 0) is 31.0 Å². The highest BCUT2D eigenvalue weighted by Crippen LogP contribution is 2.30. The van der Waals surface area contributed by atoms with Crippen LogP contribution in [-0.2, 0) is 0 Å². The van der Waals surface area contributed by atoms with Gasteiger partial charge in [0.2, 0.25) is 0 Å². The molecule has 2 aliphatic heterocycles. The molecule has 0 aliphatic carbocycles. The number of ether oxygens (including phenoxy) is 1. The molecule has 1 fully saturated rings. The lowest BCUT2D eigenvalue weighted by Gasteiger charge is -2.33. The van der Waals surface area contributed by atoms with Crippen LogP contribution in [0.15, 0.2) is 41.8 Å². The molecule has 0 spiro atoms. The Balaban J connectivity index is 1.42. The number of piperidine rings is 1. The second kappa shape index (κ2) is 7.71. The molecule has 28 heavy (non-hydrogen) atoms. The van der Waals surface area contributed by atoms with Crippen LogP contribution in [0.4, 0.5) is 5.69 Å². The van der Waals surface area contributed by atoms with Crippen LogP contribution in [0.3, 0.4) is 0 Å². The van der Waals surface area contributed by atoms with Crippen molar-refractivity contribution in [2.45, 2.75) is 12.8 Å². The highest BCUT2D eigenvalue weighted by Gasteiger charge is 2.26. The average Bonchev–Trinajstić information content (AvgIpc) is 2.72. The topological polar surface area (TPSA) is 109 Å². The van der Waals surface area contributed by atoms with Gasteiger partial charge in [0.05, 0.1) is 35.8 Å². The number of hydrazone groups is 1. The molecule has 2 aliphatic rings. The van der Waals surface area contributed by atoms with Gasteiger partial charge in [0, 0.05) is 26.1 Å². The monoisotopic (exact) mass is 381 g/mol. The van der Waals surface area contributed by atoms with Crippen molar-refractivity contribution in [3.63, 3.8) is 0 Å². The lowest BCUT2D eigenvalue weighted by Crippen LogP contribution is -2.41. The molecule has 1 aromatic heterocycles. The number of amides is 1. The summed E-state index contributed by atoms with van der Waals surface area (Å²) < 4.78 is 6.10. The van der Waals surface area contributed by atoms with Crippen molar-refractivity contribution < 1.29 is 9.53 Å². The molecule has 0 bridgehead atoms. The van der Waals surface area contributed by atoms with Gasteiger partial charge >= 0.3 is 0 Å². The first kappa shape index (κ1) is 18.0. The Kier molecular flexibility index (Phi) is 4.96. The standard InChI is InChI=1S/C19H23N7O2/c1-25-23-15-5-2-6-16(17(15)18(20)24-25)28-12-13-4-3-9-26(11-13)19(27)14-7-8-21-22-10-14/h2,5-8,10,13,23H,3-4,9,11-12H2,1H3,(H2,20,24)/t13-/m0/s1. The summed E-state index contributed by atoms with van der Waals surface area (Å²) in [7, 11) is 1.79. The molecule has 1 saturated heterocycles. The summed E-state index contributed by atoms with van der Waals surface area (Å²) in [6.45, 7) is 1.91. The van der Waals surface area contributed by atoms with Gasteiger partial charge in [-0.2, -0.15) is 10.2 Å². The lowest BCUT2D eigenvalue weighted by molar-refractivity contribution is 0.0632. The molecule has 3 N–H and O–H groups in total. The molecule has 1 atom stereocenters. The summed E-state index contributed by atoms with van der Waals surface area (Å²) in [5, 5.41) is 13.3. The van der Waals surface area contributed by atoms with Gasteiger partial charge in [0.15, 0.2) is 5.84 Å². The Bertz CT molecular complexity index is 887. The van der Waals surface area contributed by atoms with Gasteiger partial charge in [-0.15, -0.1) is 5.10 Å². The number of likely N-dealkylation sites (tertiary alicyclic amines) is 1. The Morgan fingerprint density at radius 3 is 3.07 bits per heavy atom. The van der Waals surface area contributed by atoms with Gasteiger partial charge in [-0.3, -0.25) is 10.2 Å². The van der Waals surface area contributed by atoms with E-state index in [2.05, 4.69) is 20.7 Å². The number of nitrogens with one attached hydrogen (secondary N) is 1. The molecule has 146 valence electrons. The minimum absolute atomic E-state index is 0.0136. The number of carbonyl (C=O) groups is 1. The fraction of sp³-hybridized carbons (Fsp3) is 0.368. The summed E-state index contributed by atoms with van der Waals surface area (Å²) in [4.78, 5) is 14.5. The molecular formula is C19H23N7O2. The van der Waals surface area contributed by atoms with E-state index in [0.29, 0.717) is 30.3 Å². The highest BCUT2D eigenvalue weighted by atomic mass is 16.5. The number of nitrogens with two attached hydrogens (primary N) is 1. The Labute approximate surface area is 163 Å². The van der Waals surface area contributed by atoms with Crippen molar-refractivity contribution in [2.75, 3.05) is 32.2 Å². The zero-order chi connectivity index (χ0) is 19.5. The summed E-state index contributed by atoms with van der Waals surface area (Å²) in [6.07, 6.45) is 5.00. The first-order valence-electron chi connectivity index (χ1n) is 9.28. The summed E-state index contributed by atoms with van der Waals surface area (Å²) in [5.74, 6) is 1.35. The average molecular weight is 381 g/mol. The molecule has 0 radical (unpaired) electrons. The summed E-state index contributed by atoms with van der Waals surface area (Å²) in [5.41, 5.74) is 11.4. The summed E-state index contributed by atoms with van der Waals surface area (Å²) in [6, 6.07) is 7.44. The van der Waals surface area contributed by atoms with Crippen LogP contribution in [0.25, 0.3) is 0 Å². The maximum atomic E-state index is 12.7. The number of hydrogen-bond donors (Lipinski definition) is 2. The van der Waals surface area contributed by atoms with E-state index in [1.165, 1.54) is 12.4 Å². The fourth-order valence-electron chi connectivity index (χ4n) is 3.61. The third-order valence-corrected chi connectivity index (χ3v) is 4.93. The van der Waals surface area contributed by atoms with E-state index < -0.39 is 0 Å². The Morgan fingerprint density at radius 2 is 2.25 bits per heavy atom. The van der Waals surface area contributed by atoms with Crippen LogP contribution in [0.1, 0.15) is 28.8 Å². The largest absolute Gasteiger partial charge is 0.492 e. The molecule has 9 nitrogen and oxygen atoms in total. The van der Waals surface area contributed by atoms with Crippen molar-refractivity contribution in [3.05, 3.63) is 47.8 Å². The second-order valence-corrected chi connectivity index (χ2v) is 7.00. The predicted octanol–water partition coefficient (Wildman–Crippen LogP) is 1.30. The maximum Gasteiger partial charge on any atom is 0.255 e. The predicted molar refractivity (Wildman–Crippen MR) is 105 cm³/mol. The molecule has 0 unspecified atom stereocenters. The number of fused-ring (bicyclic) bond motifs is 1. The molecule has 9 heteroatoms. The molecule has 1 amide bonds. The Morgan fingerprint density at radius 1 is 1.36 bits per heavy atom. The fourth-order valence-corrected chi connectivity index (χ4v) is 3.61. The number of nitrogens with zero attached hydrogens (tertiary/aromatic N) is 5. The first-order chi connectivity index (χ1) is 13.6. The highest BCUT2D eigenvalue weighted by molar-refractivity contribution is 6.05. The van der Waals surface area contributed by atoms with Crippen molar-refractivity contribution in [1.29, 1.82) is 0 Å². The normalized spacial score (nSPS) is 18.8. The minimum atomic E-state index is -0.0136. The number of hydrogen-bond acceptors (Lipinski definition) is 8. The Hall–Kier alpha value is -3.36. The number of aromatic nitrogens is 2. The van der Waals surface area contributed by atoms with E-state index in [-0.39, 0.29) is 11.8 Å². The number of amidine groups is 1. The minimum Gasteiger partial charge on any atom is -0.492 e. The van der Waals surface area contributed by atoms with Crippen LogP contribution >= 0.6 is 0 Å². The lowest BCUT2D eigenvalue weighted by atomic mass is 9.98. The van der Waals surface area contributed by atoms with Crippen LogP contribution in [0.5, 0.6) is 5.75 Å². The van der Waals surface area contributed by atoms with E-state index in [1.54, 1.807) is 18.2 Å². The molecule has 3 heterocycles. The third kappa shape index (κ3) is 3.68. The van der Waals surface area contributed by atoms with Crippen LogP contribution in [-0.4, -0.2) is 58.7 Å². The molecule has 1 aromatic carbocycles. The molecule has 2 aromatic rings. The van der Waals surface area contributed by atoms with Crippen molar-refractivity contribution in [3.8, 4) is 5.75 Å². The van der Waals surface area contributed by atoms with E-state index in [4.69, 9.17) is 10.5 Å². The molecule has 0 saturated carbocycles. The van der Waals surface area contributed by atoms with Crippen molar-refractivity contribution >= 4 is 17.4 Å². The van der Waals surface area contributed by atoms with E-state index in [9.17, 15) is 4.79 Å². The number of benzene rings is 1.